The molecule has 0 radical (unpaired) electrons. The third kappa shape index (κ3) is 6.99. The zero-order valence-electron chi connectivity index (χ0n) is 23.4. The van der Waals surface area contributed by atoms with Crippen molar-refractivity contribution in [3.8, 4) is 11.1 Å². The van der Waals surface area contributed by atoms with E-state index in [0.29, 0.717) is 12.5 Å². The second-order valence-electron chi connectivity index (χ2n) is 11.5. The van der Waals surface area contributed by atoms with Crippen LogP contribution < -0.4 is 16.0 Å². The van der Waals surface area contributed by atoms with Gasteiger partial charge in [0.05, 0.1) is 11.4 Å². The molecule has 3 N–H and O–H groups in total. The fraction of sp³-hybridized carbons (Fsp3) is 0.548. The summed E-state index contributed by atoms with van der Waals surface area (Å²) in [6.45, 7) is 4.43. The average Bonchev–Trinajstić information content (AvgIpc) is 3.79. The standard InChI is InChI=1S/C31H43N5O3/c1-34-14-16-35(17-15-34)29-13-8-25(19-28(29)33-30(37)21-39-2)24-5-3-4-22(18-24)20-36(31(38)23-6-7-23)27-11-9-26(32)10-12-27/h3-5,8,13,18-19,23,26-27H,6-7,9-12,14-17,20-21,32H2,1-2H3,(H,33,37). The minimum absolute atomic E-state index is 0.0127. The maximum Gasteiger partial charge on any atom is 0.250 e. The van der Waals surface area contributed by atoms with Crippen LogP contribution in [0.4, 0.5) is 11.4 Å². The highest BCUT2D eigenvalue weighted by molar-refractivity contribution is 5.96. The number of benzene rings is 2. The van der Waals surface area contributed by atoms with Gasteiger partial charge in [-0.3, -0.25) is 9.59 Å². The van der Waals surface area contributed by atoms with Gasteiger partial charge in [0.15, 0.2) is 0 Å². The fourth-order valence-corrected chi connectivity index (χ4v) is 5.87. The van der Waals surface area contributed by atoms with Gasteiger partial charge < -0.3 is 30.5 Å². The van der Waals surface area contributed by atoms with E-state index in [1.165, 1.54) is 7.11 Å². The molecule has 0 spiro atoms. The molecule has 5 rings (SSSR count). The number of methoxy groups -OCH3 is 1. The predicted octanol–water partition coefficient (Wildman–Crippen LogP) is 3.70. The van der Waals surface area contributed by atoms with Gasteiger partial charge in [-0.1, -0.05) is 24.3 Å². The van der Waals surface area contributed by atoms with Crippen molar-refractivity contribution in [3.63, 3.8) is 0 Å². The van der Waals surface area contributed by atoms with Crippen LogP contribution in [-0.2, 0) is 20.9 Å². The number of piperazine rings is 1. The van der Waals surface area contributed by atoms with Crippen LogP contribution in [-0.4, -0.2) is 80.6 Å². The second kappa shape index (κ2) is 12.5. The first-order chi connectivity index (χ1) is 18.9. The number of carbonyl (C=O) groups is 2. The Bertz CT molecular complexity index is 1150. The van der Waals surface area contributed by atoms with Crippen molar-refractivity contribution in [1.82, 2.24) is 9.80 Å². The fourth-order valence-electron chi connectivity index (χ4n) is 5.87. The topological polar surface area (TPSA) is 91.1 Å². The van der Waals surface area contributed by atoms with Gasteiger partial charge in [0, 0.05) is 57.8 Å². The second-order valence-corrected chi connectivity index (χ2v) is 11.5. The Labute approximate surface area is 232 Å². The molecule has 2 amide bonds. The Kier molecular flexibility index (Phi) is 8.85. The molecule has 0 aromatic heterocycles. The van der Waals surface area contributed by atoms with Crippen molar-refractivity contribution in [3.05, 3.63) is 48.0 Å². The first-order valence-corrected chi connectivity index (χ1v) is 14.4. The number of carbonyl (C=O) groups excluding carboxylic acids is 2. The van der Waals surface area contributed by atoms with Crippen LogP contribution in [0.2, 0.25) is 0 Å². The average molecular weight is 534 g/mol. The summed E-state index contributed by atoms with van der Waals surface area (Å²) in [7, 11) is 3.67. The molecule has 1 heterocycles. The van der Waals surface area contributed by atoms with E-state index in [0.717, 1.165) is 92.8 Å². The van der Waals surface area contributed by atoms with Gasteiger partial charge >= 0.3 is 0 Å². The molecule has 39 heavy (non-hydrogen) atoms. The molecule has 8 nitrogen and oxygen atoms in total. The molecule has 8 heteroatoms. The highest BCUT2D eigenvalue weighted by Crippen LogP contribution is 2.36. The van der Waals surface area contributed by atoms with Crippen LogP contribution >= 0.6 is 0 Å². The number of nitrogens with two attached hydrogens (primary N) is 1. The summed E-state index contributed by atoms with van der Waals surface area (Å²) in [4.78, 5) is 32.6. The Hall–Kier alpha value is -2.94. The van der Waals surface area contributed by atoms with E-state index in [9.17, 15) is 9.59 Å². The number of nitrogens with zero attached hydrogens (tertiary/aromatic N) is 3. The molecule has 0 bridgehead atoms. The molecule has 2 aromatic rings. The van der Waals surface area contributed by atoms with E-state index in [2.05, 4.69) is 69.5 Å². The van der Waals surface area contributed by atoms with Gasteiger partial charge in [-0.25, -0.2) is 0 Å². The lowest BCUT2D eigenvalue weighted by Gasteiger charge is -2.36. The summed E-state index contributed by atoms with van der Waals surface area (Å²) in [6, 6.07) is 15.3. The van der Waals surface area contributed by atoms with Gasteiger partial charge in [-0.15, -0.1) is 0 Å². The van der Waals surface area contributed by atoms with E-state index in [4.69, 9.17) is 10.5 Å². The molecule has 1 saturated heterocycles. The number of rotatable bonds is 9. The van der Waals surface area contributed by atoms with Crippen LogP contribution in [0, 0.1) is 5.92 Å². The van der Waals surface area contributed by atoms with Gasteiger partial charge in [-0.05, 0) is 80.5 Å². The van der Waals surface area contributed by atoms with Gasteiger partial charge in [0.25, 0.3) is 0 Å². The molecule has 0 unspecified atom stereocenters. The molecular weight excluding hydrogens is 490 g/mol. The summed E-state index contributed by atoms with van der Waals surface area (Å²) < 4.78 is 5.07. The van der Waals surface area contributed by atoms with Crippen molar-refractivity contribution >= 4 is 23.2 Å². The maximum atomic E-state index is 13.3. The zero-order valence-corrected chi connectivity index (χ0v) is 23.4. The lowest BCUT2D eigenvalue weighted by Crippen LogP contribution is -2.44. The number of hydrogen-bond donors (Lipinski definition) is 2. The van der Waals surface area contributed by atoms with E-state index in [-0.39, 0.29) is 30.5 Å². The number of likely N-dealkylation sites (N-methyl/N-ethyl adjacent to an activating group) is 1. The van der Waals surface area contributed by atoms with E-state index >= 15 is 0 Å². The van der Waals surface area contributed by atoms with Crippen LogP contribution in [0.15, 0.2) is 42.5 Å². The highest BCUT2D eigenvalue weighted by atomic mass is 16.5. The highest BCUT2D eigenvalue weighted by Gasteiger charge is 2.37. The number of hydrogen-bond acceptors (Lipinski definition) is 6. The third-order valence-corrected chi connectivity index (χ3v) is 8.40. The number of ether oxygens (including phenoxy) is 1. The van der Waals surface area contributed by atoms with E-state index in [1.807, 2.05) is 0 Å². The predicted molar refractivity (Wildman–Crippen MR) is 156 cm³/mol. The molecule has 2 aromatic carbocycles. The van der Waals surface area contributed by atoms with Gasteiger partial charge in [-0.2, -0.15) is 0 Å². The van der Waals surface area contributed by atoms with Crippen LogP contribution in [0.5, 0.6) is 0 Å². The lowest BCUT2D eigenvalue weighted by atomic mass is 9.90. The number of anilines is 2. The smallest absolute Gasteiger partial charge is 0.250 e. The summed E-state index contributed by atoms with van der Waals surface area (Å²) >= 11 is 0. The SMILES string of the molecule is COCC(=O)Nc1cc(-c2cccc(CN(C(=O)C3CC3)C3CCC(N)CC3)c2)ccc1N1CCN(C)CC1. The molecular formula is C31H43N5O3. The molecule has 210 valence electrons. The first-order valence-electron chi connectivity index (χ1n) is 14.4. The Morgan fingerprint density at radius 3 is 2.38 bits per heavy atom. The summed E-state index contributed by atoms with van der Waals surface area (Å²) in [5.74, 6) is 0.338. The lowest BCUT2D eigenvalue weighted by molar-refractivity contribution is -0.136. The zero-order chi connectivity index (χ0) is 27.4. The molecule has 0 atom stereocenters. The molecule has 3 fully saturated rings. The quantitative estimate of drug-likeness (QED) is 0.511. The molecule has 2 aliphatic carbocycles. The van der Waals surface area contributed by atoms with Crippen LogP contribution in [0.3, 0.4) is 0 Å². The number of nitrogens with one attached hydrogen (secondary N) is 1. The van der Waals surface area contributed by atoms with Crippen molar-refractivity contribution in [2.24, 2.45) is 11.7 Å². The largest absolute Gasteiger partial charge is 0.375 e. The minimum atomic E-state index is -0.166. The van der Waals surface area contributed by atoms with Crippen LogP contribution in [0.1, 0.15) is 44.1 Å². The normalized spacial score (nSPS) is 22.0. The third-order valence-electron chi connectivity index (χ3n) is 8.40. The van der Waals surface area contributed by atoms with Crippen molar-refractivity contribution in [1.29, 1.82) is 0 Å². The molecule has 2 saturated carbocycles. The van der Waals surface area contributed by atoms with Crippen LogP contribution in [0.25, 0.3) is 11.1 Å². The minimum Gasteiger partial charge on any atom is -0.375 e. The number of amides is 2. The Morgan fingerprint density at radius 1 is 0.974 bits per heavy atom. The maximum absolute atomic E-state index is 13.3. The Balaban J connectivity index is 1.39. The van der Waals surface area contributed by atoms with E-state index in [1.54, 1.807) is 0 Å². The first kappa shape index (κ1) is 27.6. The molecule has 1 aliphatic heterocycles. The van der Waals surface area contributed by atoms with Gasteiger partial charge in [0.2, 0.25) is 11.8 Å². The van der Waals surface area contributed by atoms with Crippen molar-refractivity contribution in [2.75, 3.05) is 57.2 Å². The summed E-state index contributed by atoms with van der Waals surface area (Å²) in [5, 5.41) is 3.08. The van der Waals surface area contributed by atoms with Gasteiger partial charge in [0.1, 0.15) is 6.61 Å². The van der Waals surface area contributed by atoms with Crippen molar-refractivity contribution in [2.45, 2.75) is 57.2 Å². The molecule has 3 aliphatic rings. The Morgan fingerprint density at radius 2 is 1.69 bits per heavy atom. The summed E-state index contributed by atoms with van der Waals surface area (Å²) in [6.07, 6.45) is 5.96. The van der Waals surface area contributed by atoms with Crippen molar-refractivity contribution < 1.29 is 14.3 Å². The summed E-state index contributed by atoms with van der Waals surface area (Å²) in [5.41, 5.74) is 11.2. The van der Waals surface area contributed by atoms with E-state index < -0.39 is 0 Å². The monoisotopic (exact) mass is 533 g/mol.